The Morgan fingerprint density at radius 2 is 1.81 bits per heavy atom. The molecule has 1 fully saturated rings. The van der Waals surface area contributed by atoms with Gasteiger partial charge in [-0.15, -0.1) is 0 Å². The third kappa shape index (κ3) is 5.85. The molecule has 26 heavy (non-hydrogen) atoms. The summed E-state index contributed by atoms with van der Waals surface area (Å²) in [6.07, 6.45) is 4.72. The smallest absolute Gasteiger partial charge is 0.255 e. The Hall–Kier alpha value is -2.40. The van der Waals surface area contributed by atoms with Gasteiger partial charge in [0.05, 0.1) is 17.4 Å². The van der Waals surface area contributed by atoms with Gasteiger partial charge in [0, 0.05) is 5.92 Å². The van der Waals surface area contributed by atoms with E-state index in [0.29, 0.717) is 11.1 Å². The first-order valence-corrected chi connectivity index (χ1v) is 10.3. The number of rotatable bonds is 6. The minimum absolute atomic E-state index is 0.103. The first-order chi connectivity index (χ1) is 12.3. The molecule has 1 saturated carbocycles. The zero-order valence-electron chi connectivity index (χ0n) is 14.7. The lowest BCUT2D eigenvalue weighted by molar-refractivity contribution is -0.130. The highest BCUT2D eigenvalue weighted by Crippen LogP contribution is 2.23. The molecule has 1 aromatic carbocycles. The number of carbonyl (C=O) groups excluding carboxylic acids is 2. The number of amides is 2. The zero-order valence-corrected chi connectivity index (χ0v) is 15.5. The first kappa shape index (κ1) is 19.9. The van der Waals surface area contributed by atoms with Gasteiger partial charge in [-0.25, -0.2) is 8.42 Å². The molecule has 0 heterocycles. The van der Waals surface area contributed by atoms with Gasteiger partial charge in [0.2, 0.25) is 15.9 Å². The average molecular weight is 377 g/mol. The van der Waals surface area contributed by atoms with Crippen LogP contribution < -0.4 is 10.0 Å². The standard InChI is InChI=1S/C18H23N3O4S/c1-13(20-18(23)16-5-3-2-4-6-16)17(22)21-26(24,25)12-15-9-7-14(11-19)8-10-15/h7-10,13,16H,2-6,12H2,1H3,(H,20,23)(H,21,22). The largest absolute Gasteiger partial charge is 0.344 e. The number of nitrogens with zero attached hydrogens (tertiary/aromatic N) is 1. The summed E-state index contributed by atoms with van der Waals surface area (Å²) in [6.45, 7) is 1.47. The van der Waals surface area contributed by atoms with Crippen LogP contribution in [0.3, 0.4) is 0 Å². The van der Waals surface area contributed by atoms with Gasteiger partial charge in [0.1, 0.15) is 6.04 Å². The summed E-state index contributed by atoms with van der Waals surface area (Å²) in [6, 6.07) is 7.10. The molecule has 0 saturated heterocycles. The molecule has 7 nitrogen and oxygen atoms in total. The fourth-order valence-corrected chi connectivity index (χ4v) is 4.12. The Labute approximate surface area is 153 Å². The Bertz CT molecular complexity index is 791. The summed E-state index contributed by atoms with van der Waals surface area (Å²) in [4.78, 5) is 24.3. The zero-order chi connectivity index (χ0) is 19.2. The lowest BCUT2D eigenvalue weighted by atomic mass is 9.88. The molecular formula is C18H23N3O4S. The fourth-order valence-electron chi connectivity index (χ4n) is 2.93. The Balaban J connectivity index is 1.89. The van der Waals surface area contributed by atoms with Gasteiger partial charge in [0.15, 0.2) is 0 Å². The van der Waals surface area contributed by atoms with Crippen molar-refractivity contribution in [3.8, 4) is 6.07 Å². The van der Waals surface area contributed by atoms with Gasteiger partial charge in [-0.2, -0.15) is 5.26 Å². The van der Waals surface area contributed by atoms with Crippen LogP contribution in [0.25, 0.3) is 0 Å². The van der Waals surface area contributed by atoms with Crippen LogP contribution in [-0.2, 0) is 25.4 Å². The number of nitriles is 1. The van der Waals surface area contributed by atoms with Crippen LogP contribution in [0.15, 0.2) is 24.3 Å². The van der Waals surface area contributed by atoms with Crippen molar-refractivity contribution in [2.24, 2.45) is 5.92 Å². The topological polar surface area (TPSA) is 116 Å². The van der Waals surface area contributed by atoms with E-state index in [1.54, 1.807) is 0 Å². The molecule has 2 amide bonds. The minimum atomic E-state index is -3.89. The van der Waals surface area contributed by atoms with Gasteiger partial charge in [0.25, 0.3) is 5.91 Å². The van der Waals surface area contributed by atoms with E-state index in [1.807, 2.05) is 10.8 Å². The number of hydrogen-bond donors (Lipinski definition) is 2. The van der Waals surface area contributed by atoms with Crippen molar-refractivity contribution in [1.82, 2.24) is 10.0 Å². The first-order valence-electron chi connectivity index (χ1n) is 8.64. The number of benzene rings is 1. The van der Waals surface area contributed by atoms with E-state index in [9.17, 15) is 18.0 Å². The molecule has 0 bridgehead atoms. The maximum absolute atomic E-state index is 12.2. The maximum Gasteiger partial charge on any atom is 0.255 e. The van der Waals surface area contributed by atoms with Crippen molar-refractivity contribution in [2.45, 2.75) is 50.8 Å². The van der Waals surface area contributed by atoms with Crippen LogP contribution in [0.5, 0.6) is 0 Å². The average Bonchev–Trinajstić information content (AvgIpc) is 2.62. The highest BCUT2D eigenvalue weighted by Gasteiger charge is 2.26. The molecule has 1 aliphatic rings. The number of hydrogen-bond acceptors (Lipinski definition) is 5. The Morgan fingerprint density at radius 1 is 1.19 bits per heavy atom. The van der Waals surface area contributed by atoms with E-state index < -0.39 is 22.0 Å². The molecule has 0 aliphatic heterocycles. The summed E-state index contributed by atoms with van der Waals surface area (Å²) in [7, 11) is -3.89. The lowest BCUT2D eigenvalue weighted by Crippen LogP contribution is -2.48. The summed E-state index contributed by atoms with van der Waals surface area (Å²) in [5, 5.41) is 11.3. The monoisotopic (exact) mass is 377 g/mol. The van der Waals surface area contributed by atoms with E-state index in [0.717, 1.165) is 32.1 Å². The molecule has 1 unspecified atom stereocenters. The van der Waals surface area contributed by atoms with E-state index >= 15 is 0 Å². The van der Waals surface area contributed by atoms with Crippen LogP contribution in [0, 0.1) is 17.2 Å². The third-order valence-electron chi connectivity index (χ3n) is 4.42. The van der Waals surface area contributed by atoms with E-state index in [2.05, 4.69) is 5.32 Å². The molecule has 1 aliphatic carbocycles. The fraction of sp³-hybridized carbons (Fsp3) is 0.500. The van der Waals surface area contributed by atoms with Crippen molar-refractivity contribution in [1.29, 1.82) is 5.26 Å². The summed E-state index contributed by atoms with van der Waals surface area (Å²) in [5.41, 5.74) is 0.887. The predicted octanol–water partition coefficient (Wildman–Crippen LogP) is 1.59. The van der Waals surface area contributed by atoms with Gasteiger partial charge in [-0.05, 0) is 37.5 Å². The number of nitrogens with one attached hydrogen (secondary N) is 2. The minimum Gasteiger partial charge on any atom is -0.344 e. The Kier molecular flexibility index (Phi) is 6.75. The predicted molar refractivity (Wildman–Crippen MR) is 96.1 cm³/mol. The van der Waals surface area contributed by atoms with Crippen molar-refractivity contribution in [2.75, 3.05) is 0 Å². The summed E-state index contributed by atoms with van der Waals surface area (Å²) < 4.78 is 26.3. The van der Waals surface area contributed by atoms with Crippen molar-refractivity contribution in [3.05, 3.63) is 35.4 Å². The summed E-state index contributed by atoms with van der Waals surface area (Å²) in [5.74, 6) is -1.44. The van der Waals surface area contributed by atoms with Gasteiger partial charge >= 0.3 is 0 Å². The number of carbonyl (C=O) groups is 2. The van der Waals surface area contributed by atoms with Crippen molar-refractivity contribution < 1.29 is 18.0 Å². The van der Waals surface area contributed by atoms with Crippen LogP contribution in [0.4, 0.5) is 0 Å². The lowest BCUT2D eigenvalue weighted by Gasteiger charge is -2.22. The van der Waals surface area contributed by atoms with E-state index in [4.69, 9.17) is 5.26 Å². The van der Waals surface area contributed by atoms with Crippen LogP contribution in [-0.4, -0.2) is 26.3 Å². The maximum atomic E-state index is 12.2. The molecule has 1 atom stereocenters. The van der Waals surface area contributed by atoms with Crippen LogP contribution in [0.2, 0.25) is 0 Å². The van der Waals surface area contributed by atoms with Crippen LogP contribution >= 0.6 is 0 Å². The second-order valence-electron chi connectivity index (χ2n) is 6.60. The van der Waals surface area contributed by atoms with Crippen molar-refractivity contribution in [3.63, 3.8) is 0 Å². The van der Waals surface area contributed by atoms with E-state index in [-0.39, 0.29) is 17.6 Å². The quantitative estimate of drug-likeness (QED) is 0.781. The van der Waals surface area contributed by atoms with Crippen molar-refractivity contribution >= 4 is 21.8 Å². The highest BCUT2D eigenvalue weighted by atomic mass is 32.2. The Morgan fingerprint density at radius 3 is 2.38 bits per heavy atom. The normalized spacial score (nSPS) is 16.3. The molecule has 2 rings (SSSR count). The molecule has 1 aromatic rings. The van der Waals surface area contributed by atoms with E-state index in [1.165, 1.54) is 31.2 Å². The highest BCUT2D eigenvalue weighted by molar-refractivity contribution is 7.89. The summed E-state index contributed by atoms with van der Waals surface area (Å²) >= 11 is 0. The SMILES string of the molecule is CC(NC(=O)C1CCCCC1)C(=O)NS(=O)(=O)Cc1ccc(C#N)cc1. The molecular weight excluding hydrogens is 354 g/mol. The van der Waals surface area contributed by atoms with Crippen LogP contribution in [0.1, 0.15) is 50.2 Å². The van der Waals surface area contributed by atoms with Gasteiger partial charge < -0.3 is 5.32 Å². The van der Waals surface area contributed by atoms with Gasteiger partial charge in [-0.1, -0.05) is 31.4 Å². The molecule has 8 heteroatoms. The number of sulfonamides is 1. The second kappa shape index (κ2) is 8.81. The molecule has 0 spiro atoms. The second-order valence-corrected chi connectivity index (χ2v) is 8.32. The molecule has 2 N–H and O–H groups in total. The molecule has 140 valence electrons. The third-order valence-corrected chi connectivity index (χ3v) is 5.65. The molecule has 0 aromatic heterocycles. The molecule has 0 radical (unpaired) electrons. The van der Waals surface area contributed by atoms with Gasteiger partial charge in [-0.3, -0.25) is 14.3 Å².